The van der Waals surface area contributed by atoms with E-state index in [0.717, 1.165) is 33.8 Å². The number of thiazole rings is 1. The highest BCUT2D eigenvalue weighted by Gasteiger charge is 2.49. The Morgan fingerprint density at radius 2 is 1.97 bits per heavy atom. The molecule has 2 heterocycles. The first kappa shape index (κ1) is 27.7. The molecule has 38 heavy (non-hydrogen) atoms. The first-order chi connectivity index (χ1) is 17.7. The van der Waals surface area contributed by atoms with Gasteiger partial charge < -0.3 is 15.5 Å². The third kappa shape index (κ3) is 5.73. The van der Waals surface area contributed by atoms with Crippen molar-refractivity contribution in [2.24, 2.45) is 11.3 Å². The number of aliphatic hydroxyl groups is 1. The Bertz CT molecular complexity index is 1390. The molecule has 0 saturated heterocycles. The molecule has 0 spiro atoms. The van der Waals surface area contributed by atoms with Gasteiger partial charge in [-0.3, -0.25) is 4.79 Å². The van der Waals surface area contributed by atoms with Crippen molar-refractivity contribution in [1.29, 1.82) is 0 Å². The highest BCUT2D eigenvalue weighted by molar-refractivity contribution is 7.15. The van der Waals surface area contributed by atoms with Gasteiger partial charge in [-0.1, -0.05) is 19.9 Å². The molecule has 0 aliphatic heterocycles. The van der Waals surface area contributed by atoms with Crippen molar-refractivity contribution in [3.05, 3.63) is 59.0 Å². The predicted octanol–water partition coefficient (Wildman–Crippen LogP) is 6.88. The van der Waals surface area contributed by atoms with E-state index in [0.29, 0.717) is 17.1 Å². The fourth-order valence-corrected chi connectivity index (χ4v) is 5.96. The number of hydrogen-bond donors (Lipinski definition) is 3. The van der Waals surface area contributed by atoms with Gasteiger partial charge in [-0.15, -0.1) is 11.3 Å². The minimum absolute atomic E-state index is 0.183. The summed E-state index contributed by atoms with van der Waals surface area (Å²) in [6.07, 6.45) is 0.937. The maximum absolute atomic E-state index is 13.1. The maximum Gasteiger partial charge on any atom is 0.433 e. The van der Waals surface area contributed by atoms with Crippen LogP contribution in [-0.4, -0.2) is 31.1 Å². The van der Waals surface area contributed by atoms with E-state index in [1.165, 1.54) is 11.3 Å². The van der Waals surface area contributed by atoms with Gasteiger partial charge in [0.1, 0.15) is 16.3 Å². The molecular weight excluding hydrogens is 517 g/mol. The van der Waals surface area contributed by atoms with Crippen molar-refractivity contribution in [3.8, 4) is 10.4 Å². The van der Waals surface area contributed by atoms with Crippen LogP contribution >= 0.6 is 11.3 Å². The van der Waals surface area contributed by atoms with Crippen molar-refractivity contribution in [2.75, 3.05) is 5.32 Å². The van der Waals surface area contributed by atoms with Crippen LogP contribution in [0, 0.1) is 11.3 Å². The van der Waals surface area contributed by atoms with E-state index < -0.39 is 34.8 Å². The molecule has 1 fully saturated rings. The lowest BCUT2D eigenvalue weighted by Crippen LogP contribution is -2.44. The number of anilines is 2. The van der Waals surface area contributed by atoms with Crippen LogP contribution in [0.1, 0.15) is 63.2 Å². The van der Waals surface area contributed by atoms with Crippen molar-refractivity contribution in [3.63, 3.8) is 0 Å². The molecule has 3 aromatic rings. The maximum atomic E-state index is 13.1. The summed E-state index contributed by atoms with van der Waals surface area (Å²) in [5, 5.41) is 24.4. The number of carbonyl (C=O) groups is 1. The fraction of sp³-hybridized carbons (Fsp3) is 0.407. The second-order valence-electron chi connectivity index (χ2n) is 10.3. The summed E-state index contributed by atoms with van der Waals surface area (Å²) in [5.41, 5.74) is 0.140. The van der Waals surface area contributed by atoms with E-state index in [1.807, 2.05) is 39.8 Å². The van der Waals surface area contributed by atoms with Crippen LogP contribution in [0.4, 0.5) is 24.8 Å². The molecule has 2 atom stereocenters. The van der Waals surface area contributed by atoms with Crippen LogP contribution in [0.3, 0.4) is 0 Å². The summed E-state index contributed by atoms with van der Waals surface area (Å²) >= 11 is 1.31. The molecule has 4 rings (SSSR count). The number of rotatable bonds is 6. The standard InChI is InChI=1S/C27H29F3N4O3S/c1-5-15(2)16-10-17(12-18(11-16)33-24-31-9-7-21(34-24)27(28,29)30)20-13-32-23(38-20)26(37)8-6-19(22(35)36)25(3,4)14-26/h5,7,9-13,19,37H,6,8,14H2,1-4H3,(H,35,36)(H,31,33,34)/b15-5+/t19-,26-/m0/s1. The molecule has 2 aromatic heterocycles. The van der Waals surface area contributed by atoms with Crippen LogP contribution < -0.4 is 5.32 Å². The second kappa shape index (κ2) is 10.1. The molecule has 0 radical (unpaired) electrons. The SMILES string of the molecule is C/C=C(\C)c1cc(Nc2nccc(C(F)(F)F)n2)cc(-c2cnc([C@]3(O)CC[C@@H](C(=O)O)C(C)(C)C3)s2)c1. The number of hydrogen-bond acceptors (Lipinski definition) is 7. The van der Waals surface area contributed by atoms with Gasteiger partial charge >= 0.3 is 12.1 Å². The van der Waals surface area contributed by atoms with Gasteiger partial charge in [0.2, 0.25) is 5.95 Å². The molecule has 1 saturated carbocycles. The van der Waals surface area contributed by atoms with Crippen LogP contribution in [0.25, 0.3) is 16.0 Å². The number of carboxylic acid groups (broad SMARTS) is 1. The zero-order chi connectivity index (χ0) is 27.9. The smallest absolute Gasteiger partial charge is 0.433 e. The van der Waals surface area contributed by atoms with E-state index >= 15 is 0 Å². The lowest BCUT2D eigenvalue weighted by molar-refractivity contribution is -0.154. The van der Waals surface area contributed by atoms with E-state index in [-0.39, 0.29) is 18.8 Å². The van der Waals surface area contributed by atoms with Crippen molar-refractivity contribution < 1.29 is 28.2 Å². The number of aromatic nitrogens is 3. The van der Waals surface area contributed by atoms with Gasteiger partial charge in [0.05, 0.1) is 10.8 Å². The van der Waals surface area contributed by atoms with E-state index in [1.54, 1.807) is 18.3 Å². The summed E-state index contributed by atoms with van der Waals surface area (Å²) in [6.45, 7) is 7.51. The largest absolute Gasteiger partial charge is 0.481 e. The average molecular weight is 547 g/mol. The third-order valence-corrected chi connectivity index (χ3v) is 8.29. The average Bonchev–Trinajstić information content (AvgIpc) is 3.33. The van der Waals surface area contributed by atoms with E-state index in [2.05, 4.69) is 20.3 Å². The van der Waals surface area contributed by atoms with Gasteiger partial charge in [0.25, 0.3) is 0 Å². The Hall–Kier alpha value is -3.31. The Kier molecular flexibility index (Phi) is 7.37. The minimum atomic E-state index is -4.59. The van der Waals surface area contributed by atoms with E-state index in [4.69, 9.17) is 0 Å². The number of aliphatic carboxylic acids is 1. The molecule has 0 bridgehead atoms. The molecule has 7 nitrogen and oxygen atoms in total. The number of nitrogens with one attached hydrogen (secondary N) is 1. The lowest BCUT2D eigenvalue weighted by Gasteiger charge is -2.44. The first-order valence-corrected chi connectivity index (χ1v) is 12.9. The summed E-state index contributed by atoms with van der Waals surface area (Å²) in [4.78, 5) is 24.5. The van der Waals surface area contributed by atoms with Gasteiger partial charge in [0.15, 0.2) is 0 Å². The van der Waals surface area contributed by atoms with Crippen LogP contribution in [-0.2, 0) is 16.6 Å². The summed E-state index contributed by atoms with van der Waals surface area (Å²) < 4.78 is 39.4. The van der Waals surface area contributed by atoms with Crippen molar-refractivity contribution >= 4 is 34.5 Å². The fourth-order valence-electron chi connectivity index (χ4n) is 4.94. The lowest BCUT2D eigenvalue weighted by atomic mass is 9.63. The second-order valence-corrected chi connectivity index (χ2v) is 11.3. The molecule has 3 N–H and O–H groups in total. The molecule has 1 aliphatic rings. The summed E-state index contributed by atoms with van der Waals surface area (Å²) in [5.74, 6) is -1.59. The van der Waals surface area contributed by atoms with Crippen LogP contribution in [0.2, 0.25) is 0 Å². The molecule has 1 aromatic carbocycles. The number of benzene rings is 1. The van der Waals surface area contributed by atoms with Crippen LogP contribution in [0.15, 0.2) is 42.7 Å². The molecule has 11 heteroatoms. The number of alkyl halides is 3. The number of allylic oxidation sites excluding steroid dienone is 2. The summed E-state index contributed by atoms with van der Waals surface area (Å²) in [7, 11) is 0. The first-order valence-electron chi connectivity index (χ1n) is 12.1. The molecule has 0 unspecified atom stereocenters. The highest BCUT2D eigenvalue weighted by atomic mass is 32.1. The quantitative estimate of drug-likeness (QED) is 0.309. The third-order valence-electron chi connectivity index (χ3n) is 7.05. The van der Waals surface area contributed by atoms with Crippen molar-refractivity contribution in [2.45, 2.75) is 58.7 Å². The van der Waals surface area contributed by atoms with Gasteiger partial charge in [0, 0.05) is 18.1 Å². The Morgan fingerprint density at radius 3 is 2.61 bits per heavy atom. The summed E-state index contributed by atoms with van der Waals surface area (Å²) in [6, 6.07) is 6.32. The topological polar surface area (TPSA) is 108 Å². The Labute approximate surface area is 222 Å². The number of carboxylic acids is 1. The van der Waals surface area contributed by atoms with E-state index in [9.17, 15) is 28.2 Å². The highest BCUT2D eigenvalue weighted by Crippen LogP contribution is 2.51. The monoisotopic (exact) mass is 546 g/mol. The van der Waals surface area contributed by atoms with Crippen LogP contribution in [0.5, 0.6) is 0 Å². The Morgan fingerprint density at radius 1 is 1.24 bits per heavy atom. The Balaban J connectivity index is 1.68. The molecule has 1 aliphatic carbocycles. The predicted molar refractivity (Wildman–Crippen MR) is 140 cm³/mol. The van der Waals surface area contributed by atoms with Crippen molar-refractivity contribution in [1.82, 2.24) is 15.0 Å². The molecule has 0 amide bonds. The minimum Gasteiger partial charge on any atom is -0.481 e. The van der Waals surface area contributed by atoms with Gasteiger partial charge in [-0.25, -0.2) is 15.0 Å². The zero-order valence-corrected chi connectivity index (χ0v) is 22.2. The van der Waals surface area contributed by atoms with Gasteiger partial charge in [-0.2, -0.15) is 13.2 Å². The number of halogens is 3. The van der Waals surface area contributed by atoms with Gasteiger partial charge in [-0.05, 0) is 79.5 Å². The zero-order valence-electron chi connectivity index (χ0n) is 21.4. The number of nitrogens with zero attached hydrogens (tertiary/aromatic N) is 3. The molecule has 202 valence electrons. The molecular formula is C27H29F3N4O3S. The normalized spacial score (nSPS) is 21.8.